The van der Waals surface area contributed by atoms with Crippen LogP contribution in [0.5, 0.6) is 0 Å². The molecule has 1 aliphatic heterocycles. The third-order valence-electron chi connectivity index (χ3n) is 5.42. The van der Waals surface area contributed by atoms with E-state index in [2.05, 4.69) is 45.6 Å². The Hall–Kier alpha value is -1.69. The summed E-state index contributed by atoms with van der Waals surface area (Å²) in [4.78, 5) is 2.54. The smallest absolute Gasteiger partial charge is 0.0932 e. The number of aliphatic hydroxyl groups is 1. The van der Waals surface area contributed by atoms with Crippen molar-refractivity contribution in [3.8, 4) is 0 Å². The zero-order valence-electron chi connectivity index (χ0n) is 14.0. The van der Waals surface area contributed by atoms with E-state index >= 15 is 0 Å². The highest BCUT2D eigenvalue weighted by atomic mass is 16.3. The Balaban J connectivity index is 1.26. The number of hydrogen-bond donors (Lipinski definition) is 2. The molecule has 5 heteroatoms. The van der Waals surface area contributed by atoms with Crippen LogP contribution in [0.1, 0.15) is 30.9 Å². The molecule has 2 aromatic rings. The predicted octanol–water partition coefficient (Wildman–Crippen LogP) is 1.81. The first-order valence-electron chi connectivity index (χ1n) is 8.99. The van der Waals surface area contributed by atoms with E-state index in [0.29, 0.717) is 12.1 Å². The van der Waals surface area contributed by atoms with Gasteiger partial charge < -0.3 is 10.4 Å². The van der Waals surface area contributed by atoms with Crippen molar-refractivity contribution in [2.24, 2.45) is 0 Å². The summed E-state index contributed by atoms with van der Waals surface area (Å²) in [5, 5.41) is 18.1. The maximum atomic E-state index is 10.1. The molecule has 0 unspecified atom stereocenters. The van der Waals surface area contributed by atoms with Crippen molar-refractivity contribution in [2.75, 3.05) is 13.1 Å². The molecule has 5 nitrogen and oxygen atoms in total. The highest BCUT2D eigenvalue weighted by Crippen LogP contribution is 2.33. The average molecular weight is 326 g/mol. The van der Waals surface area contributed by atoms with E-state index in [4.69, 9.17) is 0 Å². The monoisotopic (exact) mass is 326 g/mol. The van der Waals surface area contributed by atoms with Gasteiger partial charge in [0.15, 0.2) is 0 Å². The number of benzene rings is 1. The fourth-order valence-corrected chi connectivity index (χ4v) is 4.00. The Morgan fingerprint density at radius 2 is 1.92 bits per heavy atom. The van der Waals surface area contributed by atoms with Gasteiger partial charge in [0.2, 0.25) is 0 Å². The summed E-state index contributed by atoms with van der Waals surface area (Å²) in [6, 6.07) is 13.6. The van der Waals surface area contributed by atoms with Crippen LogP contribution in [-0.4, -0.2) is 51.1 Å². The van der Waals surface area contributed by atoms with E-state index in [1.165, 1.54) is 18.4 Å². The summed E-state index contributed by atoms with van der Waals surface area (Å²) in [5.74, 6) is 0. The quantitative estimate of drug-likeness (QED) is 0.880. The minimum absolute atomic E-state index is 0.0855. The number of nitrogens with one attached hydrogen (secondary N) is 1. The molecule has 3 atom stereocenters. The Morgan fingerprint density at radius 1 is 1.12 bits per heavy atom. The zero-order chi connectivity index (χ0) is 16.4. The Labute approximate surface area is 143 Å². The van der Waals surface area contributed by atoms with E-state index in [-0.39, 0.29) is 12.1 Å². The van der Waals surface area contributed by atoms with Crippen molar-refractivity contribution in [1.82, 2.24) is 20.0 Å². The van der Waals surface area contributed by atoms with E-state index in [0.717, 1.165) is 26.1 Å². The van der Waals surface area contributed by atoms with Gasteiger partial charge in [-0.25, -0.2) is 0 Å². The van der Waals surface area contributed by atoms with Gasteiger partial charge in [0.25, 0.3) is 0 Å². The molecule has 0 amide bonds. The minimum Gasteiger partial charge on any atom is -0.391 e. The molecule has 1 aromatic heterocycles. The third kappa shape index (κ3) is 3.38. The van der Waals surface area contributed by atoms with E-state index in [1.807, 2.05) is 16.9 Å². The molecule has 128 valence electrons. The molecule has 1 aliphatic carbocycles. The number of piperidine rings is 1. The third-order valence-corrected chi connectivity index (χ3v) is 5.42. The number of aromatic nitrogens is 2. The highest BCUT2D eigenvalue weighted by molar-refractivity contribution is 5.14. The Bertz CT molecular complexity index is 622. The first kappa shape index (κ1) is 15.8. The molecular formula is C19H26N4O. The lowest BCUT2D eigenvalue weighted by Gasteiger charge is -2.45. The number of aliphatic hydroxyl groups excluding tert-OH is 1. The second-order valence-corrected chi connectivity index (χ2v) is 7.09. The molecule has 2 aliphatic rings. The fraction of sp³-hybridized carbons (Fsp3) is 0.526. The van der Waals surface area contributed by atoms with Crippen LogP contribution >= 0.6 is 0 Å². The van der Waals surface area contributed by atoms with Gasteiger partial charge in [0.1, 0.15) is 0 Å². The molecule has 2 fully saturated rings. The van der Waals surface area contributed by atoms with Gasteiger partial charge in [-0.2, -0.15) is 5.10 Å². The largest absolute Gasteiger partial charge is 0.391 e. The molecule has 1 aromatic carbocycles. The summed E-state index contributed by atoms with van der Waals surface area (Å²) in [7, 11) is 0. The van der Waals surface area contributed by atoms with Crippen molar-refractivity contribution in [2.45, 2.75) is 50.0 Å². The molecule has 4 rings (SSSR count). The second-order valence-electron chi connectivity index (χ2n) is 7.09. The van der Waals surface area contributed by atoms with Gasteiger partial charge in [-0.05, 0) is 44.0 Å². The molecule has 1 saturated carbocycles. The van der Waals surface area contributed by atoms with E-state index in [1.54, 1.807) is 6.20 Å². The molecule has 0 bridgehead atoms. The van der Waals surface area contributed by atoms with Crippen LogP contribution in [0.2, 0.25) is 0 Å². The van der Waals surface area contributed by atoms with Gasteiger partial charge in [-0.1, -0.05) is 30.3 Å². The lowest BCUT2D eigenvalue weighted by molar-refractivity contribution is -0.0147. The lowest BCUT2D eigenvalue weighted by Crippen LogP contribution is -2.58. The molecular weight excluding hydrogens is 300 g/mol. The van der Waals surface area contributed by atoms with Gasteiger partial charge in [0, 0.05) is 31.0 Å². The normalized spacial score (nSPS) is 28.6. The van der Waals surface area contributed by atoms with Gasteiger partial charge >= 0.3 is 0 Å². The molecule has 2 heterocycles. The molecule has 2 N–H and O–H groups in total. The molecule has 0 radical (unpaired) electrons. The average Bonchev–Trinajstić information content (AvgIpc) is 3.10. The Kier molecular flexibility index (Phi) is 4.65. The Morgan fingerprint density at radius 3 is 2.58 bits per heavy atom. The van der Waals surface area contributed by atoms with Crippen LogP contribution in [0.25, 0.3) is 0 Å². The van der Waals surface area contributed by atoms with Crippen LogP contribution in [-0.2, 0) is 6.54 Å². The van der Waals surface area contributed by atoms with Crippen LogP contribution in [0, 0.1) is 0 Å². The topological polar surface area (TPSA) is 53.3 Å². The molecule has 0 spiro atoms. The van der Waals surface area contributed by atoms with E-state index in [9.17, 15) is 5.11 Å². The summed E-state index contributed by atoms with van der Waals surface area (Å²) in [6.45, 7) is 3.31. The summed E-state index contributed by atoms with van der Waals surface area (Å²) in [5.41, 5.74) is 1.39. The fourth-order valence-electron chi connectivity index (χ4n) is 4.00. The molecule has 1 saturated heterocycles. The lowest BCUT2D eigenvalue weighted by atomic mass is 9.82. The van der Waals surface area contributed by atoms with Crippen LogP contribution in [0.4, 0.5) is 0 Å². The zero-order valence-corrected chi connectivity index (χ0v) is 14.0. The maximum Gasteiger partial charge on any atom is 0.0932 e. The summed E-state index contributed by atoms with van der Waals surface area (Å²) < 4.78 is 1.90. The van der Waals surface area contributed by atoms with Crippen LogP contribution in [0.15, 0.2) is 48.8 Å². The second kappa shape index (κ2) is 7.05. The van der Waals surface area contributed by atoms with Gasteiger partial charge in [-0.3, -0.25) is 9.58 Å². The molecule has 24 heavy (non-hydrogen) atoms. The number of likely N-dealkylation sites (tertiary alicyclic amines) is 1. The van der Waals surface area contributed by atoms with E-state index < -0.39 is 0 Å². The first-order valence-corrected chi connectivity index (χ1v) is 8.99. The number of rotatable bonds is 5. The summed E-state index contributed by atoms with van der Waals surface area (Å²) in [6.07, 6.45) is 6.63. The van der Waals surface area contributed by atoms with Crippen LogP contribution in [0.3, 0.4) is 0 Å². The predicted molar refractivity (Wildman–Crippen MR) is 93.6 cm³/mol. The highest BCUT2D eigenvalue weighted by Gasteiger charge is 2.42. The standard InChI is InChI=1S/C19H26N4O/c24-18-13-17(19(18)23-10-4-9-20-23)21-16-7-11-22(12-8-16)14-15-5-2-1-3-6-15/h1-6,9-10,16-19,21,24H,7-8,11-14H2/t17-,18+,19+/m0/s1. The van der Waals surface area contributed by atoms with Gasteiger partial charge in [-0.15, -0.1) is 0 Å². The number of hydrogen-bond acceptors (Lipinski definition) is 4. The summed E-state index contributed by atoms with van der Waals surface area (Å²) >= 11 is 0. The van der Waals surface area contributed by atoms with Crippen molar-refractivity contribution in [1.29, 1.82) is 0 Å². The van der Waals surface area contributed by atoms with Crippen LogP contribution < -0.4 is 5.32 Å². The van der Waals surface area contributed by atoms with Crippen molar-refractivity contribution in [3.05, 3.63) is 54.4 Å². The van der Waals surface area contributed by atoms with Gasteiger partial charge in [0.05, 0.1) is 12.1 Å². The minimum atomic E-state index is -0.277. The number of nitrogens with zero attached hydrogens (tertiary/aromatic N) is 3. The van der Waals surface area contributed by atoms with Crippen molar-refractivity contribution >= 4 is 0 Å². The SMILES string of the molecule is O[C@@H]1C[C@H](NC2CCN(Cc3ccccc3)CC2)[C@H]1n1cccn1. The van der Waals surface area contributed by atoms with Crippen molar-refractivity contribution < 1.29 is 5.11 Å². The maximum absolute atomic E-state index is 10.1. The first-order chi connectivity index (χ1) is 11.8. The van der Waals surface area contributed by atoms with Crippen molar-refractivity contribution in [3.63, 3.8) is 0 Å².